The van der Waals surface area contributed by atoms with Crippen LogP contribution in [-0.2, 0) is 4.74 Å². The summed E-state index contributed by atoms with van der Waals surface area (Å²) in [6.45, 7) is 2.11. The summed E-state index contributed by atoms with van der Waals surface area (Å²) in [6, 6.07) is 6.19. The van der Waals surface area contributed by atoms with E-state index >= 15 is 0 Å². The fourth-order valence-corrected chi connectivity index (χ4v) is 3.77. The van der Waals surface area contributed by atoms with E-state index < -0.39 is 0 Å². The second kappa shape index (κ2) is 5.78. The summed E-state index contributed by atoms with van der Waals surface area (Å²) in [5.74, 6) is 0. The molecule has 2 N–H and O–H groups in total. The van der Waals surface area contributed by atoms with Gasteiger partial charge in [-0.05, 0) is 50.3 Å². The summed E-state index contributed by atoms with van der Waals surface area (Å²) in [5, 5.41) is 0.675. The van der Waals surface area contributed by atoms with E-state index in [0.717, 1.165) is 12.1 Å². The number of anilines is 1. The first kappa shape index (κ1) is 12.8. The number of hydrogen-bond acceptors (Lipinski definition) is 3. The summed E-state index contributed by atoms with van der Waals surface area (Å²) in [4.78, 5) is 1.33. The number of methoxy groups -OCH3 is 1. The predicted molar refractivity (Wildman–Crippen MR) is 74.5 cm³/mol. The maximum absolute atomic E-state index is 5.94. The van der Waals surface area contributed by atoms with Gasteiger partial charge >= 0.3 is 0 Å². The number of thioether (sulfide) groups is 1. The number of ether oxygens (including phenoxy) is 1. The van der Waals surface area contributed by atoms with Crippen molar-refractivity contribution in [2.45, 2.75) is 48.9 Å². The van der Waals surface area contributed by atoms with Crippen molar-refractivity contribution >= 4 is 17.4 Å². The van der Waals surface area contributed by atoms with Crippen LogP contribution >= 0.6 is 11.8 Å². The summed E-state index contributed by atoms with van der Waals surface area (Å²) in [7, 11) is 1.82. The molecule has 0 bridgehead atoms. The van der Waals surface area contributed by atoms with Gasteiger partial charge in [0.15, 0.2) is 0 Å². The Balaban J connectivity index is 2.02. The molecule has 0 aromatic heterocycles. The van der Waals surface area contributed by atoms with Crippen molar-refractivity contribution < 1.29 is 4.74 Å². The van der Waals surface area contributed by atoms with Gasteiger partial charge in [-0.2, -0.15) is 0 Å². The number of nitrogen functional groups attached to an aromatic ring is 1. The zero-order chi connectivity index (χ0) is 12.3. The van der Waals surface area contributed by atoms with Crippen LogP contribution in [0.3, 0.4) is 0 Å². The lowest BCUT2D eigenvalue weighted by atomic mass is 9.97. The van der Waals surface area contributed by atoms with Crippen molar-refractivity contribution in [3.8, 4) is 0 Å². The van der Waals surface area contributed by atoms with Crippen LogP contribution < -0.4 is 5.73 Å². The third-order valence-electron chi connectivity index (χ3n) is 3.53. The number of nitrogens with two attached hydrogens (primary N) is 1. The van der Waals surface area contributed by atoms with E-state index in [4.69, 9.17) is 10.5 Å². The van der Waals surface area contributed by atoms with Crippen molar-refractivity contribution in [1.29, 1.82) is 0 Å². The van der Waals surface area contributed by atoms with E-state index in [-0.39, 0.29) is 0 Å². The molecular formula is C14H21NOS. The maximum atomic E-state index is 5.94. The minimum atomic E-state index is 0.447. The third kappa shape index (κ3) is 3.17. The molecule has 2 atom stereocenters. The molecule has 0 saturated heterocycles. The van der Waals surface area contributed by atoms with Gasteiger partial charge in [-0.15, -0.1) is 11.8 Å². The Morgan fingerprint density at radius 1 is 1.35 bits per heavy atom. The average Bonchev–Trinajstić information content (AvgIpc) is 2.35. The van der Waals surface area contributed by atoms with Gasteiger partial charge in [0.2, 0.25) is 0 Å². The molecular weight excluding hydrogens is 230 g/mol. The topological polar surface area (TPSA) is 35.2 Å². The molecule has 17 heavy (non-hydrogen) atoms. The van der Waals surface area contributed by atoms with Crippen LogP contribution in [0.1, 0.15) is 31.2 Å². The highest BCUT2D eigenvalue weighted by atomic mass is 32.2. The molecule has 2 rings (SSSR count). The summed E-state index contributed by atoms with van der Waals surface area (Å²) in [6.07, 6.45) is 5.39. The molecule has 1 aromatic carbocycles. The third-order valence-corrected chi connectivity index (χ3v) is 4.99. The van der Waals surface area contributed by atoms with E-state index in [0.29, 0.717) is 11.4 Å². The smallest absolute Gasteiger partial charge is 0.0582 e. The van der Waals surface area contributed by atoms with Crippen LogP contribution in [0, 0.1) is 6.92 Å². The van der Waals surface area contributed by atoms with E-state index in [1.165, 1.54) is 29.7 Å². The van der Waals surface area contributed by atoms with Crippen LogP contribution in [0.25, 0.3) is 0 Å². The number of rotatable bonds is 3. The molecule has 0 amide bonds. The largest absolute Gasteiger partial charge is 0.398 e. The Labute approximate surface area is 108 Å². The van der Waals surface area contributed by atoms with Crippen molar-refractivity contribution in [1.82, 2.24) is 0 Å². The lowest BCUT2D eigenvalue weighted by Crippen LogP contribution is -2.23. The van der Waals surface area contributed by atoms with E-state index in [1.54, 1.807) is 0 Å². The highest BCUT2D eigenvalue weighted by Crippen LogP contribution is 2.37. The lowest BCUT2D eigenvalue weighted by molar-refractivity contribution is 0.0730. The molecule has 1 aromatic rings. The molecule has 1 aliphatic carbocycles. The molecule has 0 radical (unpaired) electrons. The van der Waals surface area contributed by atoms with Crippen molar-refractivity contribution in [3.63, 3.8) is 0 Å². The minimum Gasteiger partial charge on any atom is -0.398 e. The summed E-state index contributed by atoms with van der Waals surface area (Å²) >= 11 is 1.96. The molecule has 1 aliphatic rings. The molecule has 2 nitrogen and oxygen atoms in total. The highest BCUT2D eigenvalue weighted by Gasteiger charge is 2.22. The molecule has 3 heteroatoms. The first-order chi connectivity index (χ1) is 8.20. The van der Waals surface area contributed by atoms with Gasteiger partial charge in [0.25, 0.3) is 0 Å². The first-order valence-electron chi connectivity index (χ1n) is 6.25. The summed E-state index contributed by atoms with van der Waals surface area (Å²) < 4.78 is 5.48. The van der Waals surface area contributed by atoms with Gasteiger partial charge in [0.1, 0.15) is 0 Å². The molecule has 1 saturated carbocycles. The Bertz CT molecular complexity index is 380. The van der Waals surface area contributed by atoms with Gasteiger partial charge in [-0.3, -0.25) is 0 Å². The van der Waals surface area contributed by atoms with Crippen molar-refractivity contribution in [2.24, 2.45) is 0 Å². The van der Waals surface area contributed by atoms with Crippen molar-refractivity contribution in [3.05, 3.63) is 23.8 Å². The van der Waals surface area contributed by atoms with Crippen LogP contribution in [0.15, 0.2) is 23.1 Å². The Morgan fingerprint density at radius 3 is 2.94 bits per heavy atom. The van der Waals surface area contributed by atoms with Gasteiger partial charge in [0.05, 0.1) is 6.10 Å². The van der Waals surface area contributed by atoms with Crippen LogP contribution in [-0.4, -0.2) is 18.5 Å². The zero-order valence-electron chi connectivity index (χ0n) is 10.6. The lowest BCUT2D eigenvalue weighted by Gasteiger charge is -2.28. The van der Waals surface area contributed by atoms with E-state index in [9.17, 15) is 0 Å². The number of benzene rings is 1. The Kier molecular flexibility index (Phi) is 4.35. The van der Waals surface area contributed by atoms with Gasteiger partial charge in [-0.1, -0.05) is 6.07 Å². The molecule has 2 unspecified atom stereocenters. The fourth-order valence-electron chi connectivity index (χ4n) is 2.36. The van der Waals surface area contributed by atoms with Crippen LogP contribution in [0.2, 0.25) is 0 Å². The Morgan fingerprint density at radius 2 is 2.18 bits per heavy atom. The molecule has 0 aliphatic heterocycles. The summed E-state index contributed by atoms with van der Waals surface area (Å²) in [5.41, 5.74) is 8.06. The van der Waals surface area contributed by atoms with E-state index in [2.05, 4.69) is 13.0 Å². The first-order valence-corrected chi connectivity index (χ1v) is 7.13. The van der Waals surface area contributed by atoms with Crippen molar-refractivity contribution in [2.75, 3.05) is 12.8 Å². The quantitative estimate of drug-likeness (QED) is 0.833. The monoisotopic (exact) mass is 251 g/mol. The highest BCUT2D eigenvalue weighted by molar-refractivity contribution is 8.00. The second-order valence-electron chi connectivity index (χ2n) is 4.73. The SMILES string of the molecule is COC1CCCC(Sc2cccc(N)c2C)C1. The predicted octanol–water partition coefficient (Wildman–Crippen LogP) is 3.63. The van der Waals surface area contributed by atoms with Gasteiger partial charge in [0, 0.05) is 22.9 Å². The fraction of sp³-hybridized carbons (Fsp3) is 0.571. The standard InChI is InChI=1S/C14H21NOS/c1-10-13(15)7-4-8-14(10)17-12-6-3-5-11(9-12)16-2/h4,7-8,11-12H,3,5-6,9,15H2,1-2H3. The average molecular weight is 251 g/mol. The van der Waals surface area contributed by atoms with Crippen LogP contribution in [0.4, 0.5) is 5.69 Å². The minimum absolute atomic E-state index is 0.447. The van der Waals surface area contributed by atoms with E-state index in [1.807, 2.05) is 31.0 Å². The van der Waals surface area contributed by atoms with Gasteiger partial charge < -0.3 is 10.5 Å². The molecule has 0 spiro atoms. The number of hydrogen-bond donors (Lipinski definition) is 1. The van der Waals surface area contributed by atoms with Crippen LogP contribution in [0.5, 0.6) is 0 Å². The normalized spacial score (nSPS) is 24.8. The van der Waals surface area contributed by atoms with Gasteiger partial charge in [-0.25, -0.2) is 0 Å². The Hall–Kier alpha value is -0.670. The maximum Gasteiger partial charge on any atom is 0.0582 e. The molecule has 94 valence electrons. The molecule has 1 fully saturated rings. The zero-order valence-corrected chi connectivity index (χ0v) is 11.4. The molecule has 0 heterocycles. The second-order valence-corrected chi connectivity index (χ2v) is 6.08.